The number of aliphatic hydroxyl groups excluding tert-OH is 1. The molecule has 1 fully saturated rings. The number of aryl methyl sites for hydroxylation is 1. The lowest BCUT2D eigenvalue weighted by atomic mass is 9.93. The lowest BCUT2D eigenvalue weighted by molar-refractivity contribution is -0.140. The van der Waals surface area contributed by atoms with E-state index >= 15 is 0 Å². The summed E-state index contributed by atoms with van der Waals surface area (Å²) in [6.07, 6.45) is 0.561. The molecule has 1 unspecified atom stereocenters. The van der Waals surface area contributed by atoms with Gasteiger partial charge in [-0.05, 0) is 37.6 Å². The molecule has 0 aliphatic carbocycles. The lowest BCUT2D eigenvalue weighted by Crippen LogP contribution is -2.31. The molecule has 0 bridgehead atoms. The number of nitrogens with zero attached hydrogens (tertiary/aromatic N) is 1. The number of benzene rings is 2. The maximum absolute atomic E-state index is 13.3. The zero-order chi connectivity index (χ0) is 23.8. The third kappa shape index (κ3) is 3.60. The minimum Gasteiger partial charge on any atom is -0.507 e. The van der Waals surface area contributed by atoms with Gasteiger partial charge in [-0.15, -0.1) is 0 Å². The topological polar surface area (TPSA) is 101 Å². The number of carbonyl (C=O) groups is 2. The Kier molecular flexibility index (Phi) is 5.75. The van der Waals surface area contributed by atoms with Crippen molar-refractivity contribution in [2.24, 2.45) is 0 Å². The van der Waals surface area contributed by atoms with E-state index in [2.05, 4.69) is 4.98 Å². The fourth-order valence-corrected chi connectivity index (χ4v) is 4.79. The molecule has 1 atom stereocenters. The maximum atomic E-state index is 13.3. The summed E-state index contributed by atoms with van der Waals surface area (Å²) in [5.41, 5.74) is 2.98. The summed E-state index contributed by atoms with van der Waals surface area (Å²) in [6.45, 7) is 3.53. The number of amides is 1. The van der Waals surface area contributed by atoms with E-state index in [9.17, 15) is 14.7 Å². The van der Waals surface area contributed by atoms with Crippen LogP contribution in [0.3, 0.4) is 0 Å². The maximum Gasteiger partial charge on any atom is 0.295 e. The Morgan fingerprint density at radius 3 is 2.71 bits per heavy atom. The number of methoxy groups -OCH3 is 1. The van der Waals surface area contributed by atoms with Gasteiger partial charge in [0.05, 0.1) is 11.6 Å². The molecule has 34 heavy (non-hydrogen) atoms. The molecule has 0 radical (unpaired) electrons. The van der Waals surface area contributed by atoms with Gasteiger partial charge in [-0.25, -0.2) is 0 Å². The van der Waals surface area contributed by atoms with Crippen molar-refractivity contribution in [1.29, 1.82) is 0 Å². The highest BCUT2D eigenvalue weighted by molar-refractivity contribution is 6.46. The van der Waals surface area contributed by atoms with Crippen LogP contribution in [-0.4, -0.2) is 60.2 Å². The van der Waals surface area contributed by atoms with Crippen molar-refractivity contribution in [2.75, 3.05) is 33.5 Å². The van der Waals surface area contributed by atoms with E-state index in [4.69, 9.17) is 14.2 Å². The second-order valence-corrected chi connectivity index (χ2v) is 8.41. The first-order chi connectivity index (χ1) is 16.5. The molecule has 2 aliphatic heterocycles. The van der Waals surface area contributed by atoms with Crippen molar-refractivity contribution in [3.63, 3.8) is 0 Å². The van der Waals surface area contributed by atoms with Gasteiger partial charge in [-0.1, -0.05) is 18.2 Å². The van der Waals surface area contributed by atoms with Crippen LogP contribution < -0.4 is 9.47 Å². The number of ketones is 1. The largest absolute Gasteiger partial charge is 0.507 e. The Labute approximate surface area is 196 Å². The van der Waals surface area contributed by atoms with Crippen molar-refractivity contribution in [1.82, 2.24) is 9.88 Å². The van der Waals surface area contributed by atoms with E-state index in [0.29, 0.717) is 49.8 Å². The molecule has 3 aromatic rings. The Bertz CT molecular complexity index is 1310. The second kappa shape index (κ2) is 8.87. The van der Waals surface area contributed by atoms with Gasteiger partial charge in [0.15, 0.2) is 11.5 Å². The van der Waals surface area contributed by atoms with Crippen LogP contribution in [0.4, 0.5) is 0 Å². The van der Waals surface area contributed by atoms with Crippen LogP contribution >= 0.6 is 0 Å². The molecule has 176 valence electrons. The summed E-state index contributed by atoms with van der Waals surface area (Å²) in [6, 6.07) is 12.0. The van der Waals surface area contributed by atoms with Crippen LogP contribution in [-0.2, 0) is 14.3 Å². The molecular formula is C26H26N2O6. The number of H-pyrrole nitrogens is 1. The second-order valence-electron chi connectivity index (χ2n) is 8.41. The zero-order valence-electron chi connectivity index (χ0n) is 19.1. The molecule has 0 spiro atoms. The standard InChI is InChI=1S/C26H26N2O6/c1-15-21(17-6-3-4-7-18(17)27-15)23-22(25(30)26(31)28(23)10-5-11-32-2)24(29)16-8-9-19-20(14-16)34-13-12-33-19/h3-4,6-9,14,23,27,29H,5,10-13H2,1-2H3/b24-22+. The molecule has 8 heteroatoms. The number of likely N-dealkylation sites (tertiary alicyclic amines) is 1. The Balaban J connectivity index is 1.68. The average molecular weight is 463 g/mol. The van der Waals surface area contributed by atoms with E-state index in [1.54, 1.807) is 25.3 Å². The number of para-hydroxylation sites is 1. The van der Waals surface area contributed by atoms with Gasteiger partial charge >= 0.3 is 0 Å². The molecule has 3 heterocycles. The predicted octanol–water partition coefficient (Wildman–Crippen LogP) is 3.71. The SMILES string of the molecule is COCCCN1C(=O)C(=O)/C(=C(/O)c2ccc3c(c2)OCCO3)C1c1c(C)[nH]c2ccccc12. The number of aliphatic hydroxyl groups is 1. The van der Waals surface area contributed by atoms with Gasteiger partial charge in [0.1, 0.15) is 19.0 Å². The molecule has 5 rings (SSSR count). The van der Waals surface area contributed by atoms with Gasteiger partial charge < -0.3 is 29.2 Å². The number of rotatable bonds is 6. The average Bonchev–Trinajstić information content (AvgIpc) is 3.31. The highest BCUT2D eigenvalue weighted by atomic mass is 16.6. The highest BCUT2D eigenvalue weighted by Gasteiger charge is 2.47. The van der Waals surface area contributed by atoms with Crippen molar-refractivity contribution in [2.45, 2.75) is 19.4 Å². The van der Waals surface area contributed by atoms with Gasteiger partial charge in [0.2, 0.25) is 0 Å². The van der Waals surface area contributed by atoms with Crippen molar-refractivity contribution >= 4 is 28.4 Å². The first kappa shape index (κ1) is 22.0. The highest BCUT2D eigenvalue weighted by Crippen LogP contribution is 2.44. The van der Waals surface area contributed by atoms with Crippen molar-refractivity contribution < 1.29 is 28.9 Å². The van der Waals surface area contributed by atoms with Gasteiger partial charge in [-0.2, -0.15) is 0 Å². The van der Waals surface area contributed by atoms with Gasteiger partial charge in [0.25, 0.3) is 11.7 Å². The first-order valence-corrected chi connectivity index (χ1v) is 11.3. The molecule has 1 amide bonds. The van der Waals surface area contributed by atoms with E-state index < -0.39 is 17.7 Å². The van der Waals surface area contributed by atoms with Crippen LogP contribution in [0.1, 0.15) is 29.3 Å². The molecule has 1 aromatic heterocycles. The van der Waals surface area contributed by atoms with Crippen LogP contribution in [0.5, 0.6) is 11.5 Å². The number of Topliss-reactive ketones (excluding diaryl/α,β-unsaturated/α-hetero) is 1. The minimum absolute atomic E-state index is 0.0620. The van der Waals surface area contributed by atoms with Gasteiger partial charge in [-0.3, -0.25) is 9.59 Å². The summed E-state index contributed by atoms with van der Waals surface area (Å²) in [5, 5.41) is 12.3. The Morgan fingerprint density at radius 2 is 1.91 bits per heavy atom. The number of carbonyl (C=O) groups excluding carboxylic acids is 2. The van der Waals surface area contributed by atoms with Crippen LogP contribution in [0.25, 0.3) is 16.7 Å². The monoisotopic (exact) mass is 462 g/mol. The van der Waals surface area contributed by atoms with Gasteiger partial charge in [0, 0.05) is 48.0 Å². The summed E-state index contributed by atoms with van der Waals surface area (Å²) < 4.78 is 16.4. The van der Waals surface area contributed by atoms with Crippen LogP contribution in [0, 0.1) is 6.92 Å². The Morgan fingerprint density at radius 1 is 1.15 bits per heavy atom. The normalized spacial score (nSPS) is 19.2. The van der Waals surface area contributed by atoms with E-state index in [0.717, 1.165) is 22.2 Å². The summed E-state index contributed by atoms with van der Waals surface area (Å²) >= 11 is 0. The van der Waals surface area contributed by atoms with Crippen molar-refractivity contribution in [3.05, 3.63) is 64.9 Å². The molecule has 1 saturated heterocycles. The predicted molar refractivity (Wildman–Crippen MR) is 126 cm³/mol. The number of hydrogen-bond acceptors (Lipinski definition) is 6. The van der Waals surface area contributed by atoms with Crippen LogP contribution in [0.2, 0.25) is 0 Å². The fourth-order valence-electron chi connectivity index (χ4n) is 4.79. The molecule has 2 aliphatic rings. The molecule has 0 saturated carbocycles. The summed E-state index contributed by atoms with van der Waals surface area (Å²) in [4.78, 5) is 31.3. The number of ether oxygens (including phenoxy) is 3. The number of hydrogen-bond donors (Lipinski definition) is 2. The van der Waals surface area contributed by atoms with E-state index in [1.165, 1.54) is 4.90 Å². The molecular weight excluding hydrogens is 436 g/mol. The lowest BCUT2D eigenvalue weighted by Gasteiger charge is -2.26. The molecule has 8 nitrogen and oxygen atoms in total. The zero-order valence-corrected chi connectivity index (χ0v) is 19.1. The number of aromatic amines is 1. The van der Waals surface area contributed by atoms with Crippen molar-refractivity contribution in [3.8, 4) is 11.5 Å². The first-order valence-electron chi connectivity index (χ1n) is 11.3. The van der Waals surface area contributed by atoms with Crippen LogP contribution in [0.15, 0.2) is 48.0 Å². The Hall–Kier alpha value is -3.78. The smallest absolute Gasteiger partial charge is 0.295 e. The number of fused-ring (bicyclic) bond motifs is 2. The van der Waals surface area contributed by atoms with E-state index in [1.807, 2.05) is 31.2 Å². The molecule has 2 N–H and O–H groups in total. The summed E-state index contributed by atoms with van der Waals surface area (Å²) in [5.74, 6) is -0.514. The quantitative estimate of drug-likeness (QED) is 0.251. The third-order valence-electron chi connectivity index (χ3n) is 6.32. The molecule has 2 aromatic carbocycles. The van der Waals surface area contributed by atoms with E-state index in [-0.39, 0.29) is 11.3 Å². The fraction of sp³-hybridized carbons (Fsp3) is 0.308. The minimum atomic E-state index is -0.735. The number of aromatic nitrogens is 1. The summed E-state index contributed by atoms with van der Waals surface area (Å²) in [7, 11) is 1.59. The number of nitrogens with one attached hydrogen (secondary N) is 1. The third-order valence-corrected chi connectivity index (χ3v) is 6.32.